The van der Waals surface area contributed by atoms with E-state index in [4.69, 9.17) is 9.47 Å². The van der Waals surface area contributed by atoms with Crippen LogP contribution in [0.2, 0.25) is 0 Å². The first-order valence-corrected chi connectivity index (χ1v) is 9.71. The zero-order valence-corrected chi connectivity index (χ0v) is 17.4. The maximum atomic E-state index is 12.8. The number of aromatic nitrogens is 2. The topological polar surface area (TPSA) is 122 Å². The second kappa shape index (κ2) is 11.6. The first-order chi connectivity index (χ1) is 14.4. The molecule has 1 heterocycles. The molecule has 2 rings (SSSR count). The molecule has 2 unspecified atom stereocenters. The fourth-order valence-electron chi connectivity index (χ4n) is 2.83. The van der Waals surface area contributed by atoms with Crippen molar-refractivity contribution >= 4 is 18.0 Å². The summed E-state index contributed by atoms with van der Waals surface area (Å²) in [5, 5.41) is 5.25. The Morgan fingerprint density at radius 2 is 1.83 bits per heavy atom. The molecule has 1 aromatic carbocycles. The lowest BCUT2D eigenvalue weighted by Crippen LogP contribution is -2.53. The zero-order valence-electron chi connectivity index (χ0n) is 17.4. The number of amides is 2. The zero-order chi connectivity index (χ0) is 21.9. The van der Waals surface area contributed by atoms with E-state index in [0.717, 1.165) is 5.56 Å². The second-order valence-electron chi connectivity index (χ2n) is 7.25. The number of carbonyl (C=O) groups is 3. The number of nitrogens with zero attached hydrogens (tertiary/aromatic N) is 1. The van der Waals surface area contributed by atoms with E-state index in [1.54, 1.807) is 6.20 Å². The summed E-state index contributed by atoms with van der Waals surface area (Å²) in [7, 11) is 1.25. The van der Waals surface area contributed by atoms with Crippen LogP contribution in [0, 0.1) is 5.92 Å². The fourth-order valence-corrected chi connectivity index (χ4v) is 2.83. The Labute approximate surface area is 175 Å². The number of benzene rings is 1. The van der Waals surface area contributed by atoms with Gasteiger partial charge in [0.05, 0.1) is 13.4 Å². The molecule has 1 aromatic heterocycles. The highest BCUT2D eigenvalue weighted by Gasteiger charge is 2.28. The number of esters is 1. The predicted octanol–water partition coefficient (Wildman–Crippen LogP) is 1.95. The third-order valence-electron chi connectivity index (χ3n) is 4.31. The summed E-state index contributed by atoms with van der Waals surface area (Å²) < 4.78 is 10.0. The molecule has 9 heteroatoms. The van der Waals surface area contributed by atoms with Gasteiger partial charge in [0.15, 0.2) is 0 Å². The number of imidazole rings is 1. The van der Waals surface area contributed by atoms with E-state index in [-0.39, 0.29) is 18.9 Å². The van der Waals surface area contributed by atoms with Crippen molar-refractivity contribution in [3.63, 3.8) is 0 Å². The number of hydrogen-bond acceptors (Lipinski definition) is 6. The third kappa shape index (κ3) is 7.57. The summed E-state index contributed by atoms with van der Waals surface area (Å²) in [5.74, 6) is -0.956. The Balaban J connectivity index is 1.99. The lowest BCUT2D eigenvalue weighted by molar-refractivity contribution is -0.145. The molecule has 2 amide bonds. The number of nitrogens with one attached hydrogen (secondary N) is 3. The van der Waals surface area contributed by atoms with Crippen molar-refractivity contribution in [1.29, 1.82) is 0 Å². The van der Waals surface area contributed by atoms with Crippen molar-refractivity contribution in [2.24, 2.45) is 5.92 Å². The average molecular weight is 416 g/mol. The normalized spacial score (nSPS) is 12.7. The van der Waals surface area contributed by atoms with Crippen LogP contribution in [-0.2, 0) is 32.1 Å². The Kier molecular flexibility index (Phi) is 8.86. The highest BCUT2D eigenvalue weighted by atomic mass is 16.5. The van der Waals surface area contributed by atoms with Crippen LogP contribution in [0.1, 0.15) is 31.5 Å². The molecule has 0 fully saturated rings. The Morgan fingerprint density at radius 1 is 1.10 bits per heavy atom. The summed E-state index contributed by atoms with van der Waals surface area (Å²) in [6, 6.07) is 7.45. The van der Waals surface area contributed by atoms with E-state index in [9.17, 15) is 14.4 Å². The van der Waals surface area contributed by atoms with Crippen molar-refractivity contribution in [2.75, 3.05) is 7.11 Å². The van der Waals surface area contributed by atoms with Crippen LogP contribution in [0.5, 0.6) is 0 Å². The van der Waals surface area contributed by atoms with Crippen molar-refractivity contribution in [3.05, 3.63) is 54.1 Å². The van der Waals surface area contributed by atoms with Crippen molar-refractivity contribution in [2.45, 2.75) is 45.4 Å². The number of methoxy groups -OCH3 is 1. The van der Waals surface area contributed by atoms with Crippen molar-refractivity contribution in [3.8, 4) is 0 Å². The summed E-state index contributed by atoms with van der Waals surface area (Å²) in [5.41, 5.74) is 1.50. The smallest absolute Gasteiger partial charge is 0.408 e. The summed E-state index contributed by atoms with van der Waals surface area (Å²) >= 11 is 0. The first kappa shape index (κ1) is 22.9. The highest BCUT2D eigenvalue weighted by molar-refractivity contribution is 5.89. The lowest BCUT2D eigenvalue weighted by atomic mass is 10.0. The Morgan fingerprint density at radius 3 is 2.43 bits per heavy atom. The fraction of sp³-hybridized carbons (Fsp3) is 0.429. The summed E-state index contributed by atoms with van der Waals surface area (Å²) in [4.78, 5) is 44.0. The van der Waals surface area contributed by atoms with Crippen LogP contribution in [0.25, 0.3) is 0 Å². The minimum Gasteiger partial charge on any atom is -0.467 e. The lowest BCUT2D eigenvalue weighted by Gasteiger charge is -2.23. The van der Waals surface area contributed by atoms with Gasteiger partial charge < -0.3 is 25.1 Å². The summed E-state index contributed by atoms with van der Waals surface area (Å²) in [6.45, 7) is 3.95. The molecule has 2 aromatic rings. The first-order valence-electron chi connectivity index (χ1n) is 9.71. The minimum absolute atomic E-state index is 0.0906. The highest BCUT2D eigenvalue weighted by Crippen LogP contribution is 2.08. The number of ether oxygens (including phenoxy) is 2. The van der Waals surface area contributed by atoms with Crippen LogP contribution < -0.4 is 10.6 Å². The van der Waals surface area contributed by atoms with E-state index >= 15 is 0 Å². The Bertz CT molecular complexity index is 808. The van der Waals surface area contributed by atoms with Gasteiger partial charge in [-0.15, -0.1) is 0 Å². The molecule has 0 saturated heterocycles. The van der Waals surface area contributed by atoms with Crippen LogP contribution in [0.4, 0.5) is 4.79 Å². The molecule has 0 aliphatic carbocycles. The molecular weight excluding hydrogens is 388 g/mol. The molecule has 3 N–H and O–H groups in total. The SMILES string of the molecule is COC(=O)C(Cc1cnc[nH]1)NC(=O)C(CC(C)C)NC(=O)OCc1ccccc1. The van der Waals surface area contributed by atoms with E-state index in [0.29, 0.717) is 12.1 Å². The maximum absolute atomic E-state index is 12.8. The van der Waals surface area contributed by atoms with Crippen molar-refractivity contribution in [1.82, 2.24) is 20.6 Å². The number of rotatable bonds is 10. The van der Waals surface area contributed by atoms with Gasteiger partial charge in [-0.2, -0.15) is 0 Å². The van der Waals surface area contributed by atoms with Gasteiger partial charge >= 0.3 is 12.1 Å². The number of aromatic amines is 1. The minimum atomic E-state index is -0.917. The van der Waals surface area contributed by atoms with Gasteiger partial charge in [0.2, 0.25) is 5.91 Å². The molecule has 162 valence electrons. The van der Waals surface area contributed by atoms with Crippen molar-refractivity contribution < 1.29 is 23.9 Å². The Hall–Kier alpha value is -3.36. The van der Waals surface area contributed by atoms with Gasteiger partial charge in [0.25, 0.3) is 0 Å². The van der Waals surface area contributed by atoms with Gasteiger partial charge in [-0.05, 0) is 17.9 Å². The number of carbonyl (C=O) groups excluding carboxylic acids is 3. The molecule has 0 radical (unpaired) electrons. The standard InChI is InChI=1S/C21H28N4O5/c1-14(2)9-17(25-21(28)30-12-15-7-5-4-6-8-15)19(26)24-18(20(27)29-3)10-16-11-22-13-23-16/h4-8,11,13-14,17-18H,9-10,12H2,1-3H3,(H,22,23)(H,24,26)(H,25,28). The second-order valence-corrected chi connectivity index (χ2v) is 7.25. The summed E-state index contributed by atoms with van der Waals surface area (Å²) in [6.07, 6.45) is 2.91. The molecular formula is C21H28N4O5. The quantitative estimate of drug-likeness (QED) is 0.509. The van der Waals surface area contributed by atoms with Gasteiger partial charge in [-0.1, -0.05) is 44.2 Å². The van der Waals surface area contributed by atoms with Gasteiger partial charge in [0, 0.05) is 18.3 Å². The van der Waals surface area contributed by atoms with E-state index in [1.807, 2.05) is 44.2 Å². The van der Waals surface area contributed by atoms with E-state index in [2.05, 4.69) is 20.6 Å². The van der Waals surface area contributed by atoms with Gasteiger partial charge in [-0.3, -0.25) is 4.79 Å². The number of hydrogen-bond donors (Lipinski definition) is 3. The maximum Gasteiger partial charge on any atom is 0.408 e. The van der Waals surface area contributed by atoms with Crippen LogP contribution in [0.3, 0.4) is 0 Å². The number of H-pyrrole nitrogens is 1. The third-order valence-corrected chi connectivity index (χ3v) is 4.31. The van der Waals surface area contributed by atoms with Crippen LogP contribution in [0.15, 0.2) is 42.9 Å². The monoisotopic (exact) mass is 416 g/mol. The van der Waals surface area contributed by atoms with E-state index < -0.39 is 30.1 Å². The van der Waals surface area contributed by atoms with Crippen LogP contribution in [-0.4, -0.2) is 47.1 Å². The molecule has 0 spiro atoms. The molecule has 0 bridgehead atoms. The molecule has 9 nitrogen and oxygen atoms in total. The molecule has 0 saturated carbocycles. The van der Waals surface area contributed by atoms with Crippen LogP contribution >= 0.6 is 0 Å². The molecule has 0 aliphatic heterocycles. The largest absolute Gasteiger partial charge is 0.467 e. The van der Waals surface area contributed by atoms with E-state index in [1.165, 1.54) is 13.4 Å². The predicted molar refractivity (Wildman–Crippen MR) is 109 cm³/mol. The number of alkyl carbamates (subject to hydrolysis) is 1. The molecule has 30 heavy (non-hydrogen) atoms. The van der Waals surface area contributed by atoms with Gasteiger partial charge in [0.1, 0.15) is 18.7 Å². The molecule has 0 aliphatic rings. The molecule has 2 atom stereocenters. The van der Waals surface area contributed by atoms with Gasteiger partial charge in [-0.25, -0.2) is 14.6 Å². The average Bonchev–Trinajstić information content (AvgIpc) is 3.24.